The molecule has 2 rings (SSSR count). The zero-order valence-electron chi connectivity index (χ0n) is 10.1. The molecule has 0 saturated heterocycles. The van der Waals surface area contributed by atoms with E-state index in [0.717, 1.165) is 17.1 Å². The van der Waals surface area contributed by atoms with Gasteiger partial charge in [0.25, 0.3) is 0 Å². The van der Waals surface area contributed by atoms with Gasteiger partial charge in [-0.05, 0) is 42.5 Å². The molecule has 0 aromatic heterocycles. The smallest absolute Gasteiger partial charge is 0.0610 e. The molecule has 18 heavy (non-hydrogen) atoms. The highest BCUT2D eigenvalue weighted by Gasteiger charge is 2.08. The Labute approximate surface area is 106 Å². The highest BCUT2D eigenvalue weighted by molar-refractivity contribution is 5.67. The lowest BCUT2D eigenvalue weighted by Gasteiger charge is -2.24. The van der Waals surface area contributed by atoms with Crippen LogP contribution in [0.25, 0.3) is 0 Å². The molecular formula is C14H17N3O. The minimum absolute atomic E-state index is 0.0686. The third-order valence-corrected chi connectivity index (χ3v) is 2.71. The van der Waals surface area contributed by atoms with Gasteiger partial charge in [0.05, 0.1) is 6.61 Å². The summed E-state index contributed by atoms with van der Waals surface area (Å²) in [6, 6.07) is 15.1. The molecule has 0 fully saturated rings. The maximum atomic E-state index is 9.19. The summed E-state index contributed by atoms with van der Waals surface area (Å²) in [5, 5.41) is 9.19. The fourth-order valence-corrected chi connectivity index (χ4v) is 1.85. The highest BCUT2D eigenvalue weighted by Crippen LogP contribution is 2.26. The predicted molar refractivity (Wildman–Crippen MR) is 75.8 cm³/mol. The molecule has 0 aliphatic rings. The van der Waals surface area contributed by atoms with Crippen LogP contribution in [0.1, 0.15) is 0 Å². The fourth-order valence-electron chi connectivity index (χ4n) is 1.85. The van der Waals surface area contributed by atoms with Crippen molar-refractivity contribution in [3.8, 4) is 0 Å². The van der Waals surface area contributed by atoms with E-state index in [1.165, 1.54) is 0 Å². The second-order valence-corrected chi connectivity index (χ2v) is 4.06. The molecular weight excluding hydrogens is 226 g/mol. The molecule has 2 aromatic carbocycles. The van der Waals surface area contributed by atoms with Crippen molar-refractivity contribution in [2.24, 2.45) is 0 Å². The number of benzene rings is 2. The van der Waals surface area contributed by atoms with Gasteiger partial charge in [0.15, 0.2) is 0 Å². The van der Waals surface area contributed by atoms with Crippen molar-refractivity contribution in [3.05, 3.63) is 48.5 Å². The van der Waals surface area contributed by atoms with Gasteiger partial charge in [-0.3, -0.25) is 0 Å². The van der Waals surface area contributed by atoms with E-state index < -0.39 is 0 Å². The molecule has 0 aliphatic heterocycles. The van der Waals surface area contributed by atoms with E-state index in [1.807, 2.05) is 53.4 Å². The van der Waals surface area contributed by atoms with Crippen LogP contribution in [0.4, 0.5) is 22.7 Å². The average Bonchev–Trinajstić information content (AvgIpc) is 2.37. The minimum Gasteiger partial charge on any atom is -0.399 e. The first-order valence-electron chi connectivity index (χ1n) is 5.80. The van der Waals surface area contributed by atoms with Crippen LogP contribution in [0, 0.1) is 0 Å². The summed E-state index contributed by atoms with van der Waals surface area (Å²) in [5.74, 6) is 0. The van der Waals surface area contributed by atoms with E-state index in [1.54, 1.807) is 0 Å². The third kappa shape index (κ3) is 2.73. The summed E-state index contributed by atoms with van der Waals surface area (Å²) in [5.41, 5.74) is 14.8. The van der Waals surface area contributed by atoms with E-state index in [-0.39, 0.29) is 6.61 Å². The molecule has 4 nitrogen and oxygen atoms in total. The average molecular weight is 243 g/mol. The molecule has 0 saturated carbocycles. The number of nitrogens with zero attached hydrogens (tertiary/aromatic N) is 1. The molecule has 0 unspecified atom stereocenters. The lowest BCUT2D eigenvalue weighted by atomic mass is 10.2. The molecule has 0 spiro atoms. The van der Waals surface area contributed by atoms with Crippen LogP contribution >= 0.6 is 0 Å². The molecule has 2 aromatic rings. The topological polar surface area (TPSA) is 75.5 Å². The number of hydrogen-bond acceptors (Lipinski definition) is 4. The first kappa shape index (κ1) is 12.3. The largest absolute Gasteiger partial charge is 0.399 e. The monoisotopic (exact) mass is 243 g/mol. The number of aliphatic hydroxyl groups excluding tert-OH is 1. The summed E-state index contributed by atoms with van der Waals surface area (Å²) >= 11 is 0. The summed E-state index contributed by atoms with van der Waals surface area (Å²) in [7, 11) is 0. The Morgan fingerprint density at radius 3 is 2.22 bits per heavy atom. The lowest BCUT2D eigenvalue weighted by Crippen LogP contribution is -2.21. The number of aliphatic hydroxyl groups is 1. The highest BCUT2D eigenvalue weighted by atomic mass is 16.3. The minimum atomic E-state index is 0.0686. The maximum Gasteiger partial charge on any atom is 0.0610 e. The van der Waals surface area contributed by atoms with Gasteiger partial charge in [-0.25, -0.2) is 0 Å². The van der Waals surface area contributed by atoms with Crippen molar-refractivity contribution >= 4 is 22.7 Å². The number of anilines is 4. The Morgan fingerprint density at radius 1 is 0.889 bits per heavy atom. The van der Waals surface area contributed by atoms with Gasteiger partial charge in [0, 0.05) is 29.3 Å². The van der Waals surface area contributed by atoms with Gasteiger partial charge in [0.1, 0.15) is 0 Å². The normalized spacial score (nSPS) is 10.3. The molecule has 0 aliphatic carbocycles. The number of nitrogens with two attached hydrogens (primary N) is 2. The van der Waals surface area contributed by atoms with Gasteiger partial charge in [0.2, 0.25) is 0 Å². The summed E-state index contributed by atoms with van der Waals surface area (Å²) < 4.78 is 0. The summed E-state index contributed by atoms with van der Waals surface area (Å²) in [4.78, 5) is 2.00. The molecule has 0 heterocycles. The van der Waals surface area contributed by atoms with Crippen LogP contribution in [0.5, 0.6) is 0 Å². The second-order valence-electron chi connectivity index (χ2n) is 4.06. The Morgan fingerprint density at radius 2 is 1.61 bits per heavy atom. The molecule has 94 valence electrons. The number of nitrogen functional groups attached to an aromatic ring is 2. The van der Waals surface area contributed by atoms with E-state index in [0.29, 0.717) is 12.2 Å². The van der Waals surface area contributed by atoms with E-state index >= 15 is 0 Å². The van der Waals surface area contributed by atoms with Crippen LogP contribution in [0.15, 0.2) is 48.5 Å². The van der Waals surface area contributed by atoms with E-state index in [4.69, 9.17) is 11.5 Å². The van der Waals surface area contributed by atoms with Crippen molar-refractivity contribution in [1.29, 1.82) is 0 Å². The van der Waals surface area contributed by atoms with Gasteiger partial charge < -0.3 is 21.5 Å². The molecule has 4 heteroatoms. The molecule has 0 amide bonds. The Balaban J connectivity index is 2.36. The van der Waals surface area contributed by atoms with Crippen molar-refractivity contribution in [3.63, 3.8) is 0 Å². The third-order valence-electron chi connectivity index (χ3n) is 2.71. The Bertz CT molecular complexity index is 511. The summed E-state index contributed by atoms with van der Waals surface area (Å²) in [6.07, 6.45) is 0. The lowest BCUT2D eigenvalue weighted by molar-refractivity contribution is 0.305. The van der Waals surface area contributed by atoms with Gasteiger partial charge in [-0.1, -0.05) is 6.07 Å². The van der Waals surface area contributed by atoms with Crippen LogP contribution < -0.4 is 16.4 Å². The zero-order valence-corrected chi connectivity index (χ0v) is 10.1. The standard InChI is InChI=1S/C14H17N3O/c15-11-4-6-13(7-5-11)17(8-9-18)14-3-1-2-12(16)10-14/h1-7,10,18H,8-9,15-16H2. The van der Waals surface area contributed by atoms with Crippen LogP contribution in [0.2, 0.25) is 0 Å². The van der Waals surface area contributed by atoms with E-state index in [2.05, 4.69) is 0 Å². The summed E-state index contributed by atoms with van der Waals surface area (Å²) in [6.45, 7) is 0.576. The van der Waals surface area contributed by atoms with Crippen molar-refractivity contribution in [1.82, 2.24) is 0 Å². The molecule has 0 bridgehead atoms. The van der Waals surface area contributed by atoms with Gasteiger partial charge in [-0.15, -0.1) is 0 Å². The Kier molecular flexibility index (Phi) is 3.69. The van der Waals surface area contributed by atoms with Gasteiger partial charge in [-0.2, -0.15) is 0 Å². The number of rotatable bonds is 4. The first-order valence-corrected chi connectivity index (χ1v) is 5.80. The molecule has 0 atom stereocenters. The van der Waals surface area contributed by atoms with Gasteiger partial charge >= 0.3 is 0 Å². The fraction of sp³-hybridized carbons (Fsp3) is 0.143. The quantitative estimate of drug-likeness (QED) is 0.718. The number of hydrogen-bond donors (Lipinski definition) is 3. The SMILES string of the molecule is Nc1ccc(N(CCO)c2cccc(N)c2)cc1. The van der Waals surface area contributed by atoms with Crippen LogP contribution in [-0.4, -0.2) is 18.3 Å². The maximum absolute atomic E-state index is 9.19. The van der Waals surface area contributed by atoms with Crippen molar-refractivity contribution in [2.75, 3.05) is 29.5 Å². The molecule has 5 N–H and O–H groups in total. The Hall–Kier alpha value is -2.20. The van der Waals surface area contributed by atoms with Crippen molar-refractivity contribution in [2.45, 2.75) is 0 Å². The van der Waals surface area contributed by atoms with E-state index in [9.17, 15) is 5.11 Å². The predicted octanol–water partition coefficient (Wildman–Crippen LogP) is 1.98. The second kappa shape index (κ2) is 5.42. The molecule has 0 radical (unpaired) electrons. The van der Waals surface area contributed by atoms with Crippen molar-refractivity contribution < 1.29 is 5.11 Å². The first-order chi connectivity index (χ1) is 8.70. The van der Waals surface area contributed by atoms with Crippen LogP contribution in [-0.2, 0) is 0 Å². The zero-order chi connectivity index (χ0) is 13.0. The van der Waals surface area contributed by atoms with Crippen LogP contribution in [0.3, 0.4) is 0 Å².